The number of benzene rings is 2. The summed E-state index contributed by atoms with van der Waals surface area (Å²) in [6.07, 6.45) is 6.64. The molecule has 0 aliphatic heterocycles. The van der Waals surface area contributed by atoms with E-state index in [2.05, 4.69) is 33.8 Å². The lowest BCUT2D eigenvalue weighted by Gasteiger charge is -2.29. The number of nitrogens with zero attached hydrogens (tertiary/aromatic N) is 5. The maximum atomic E-state index is 13.5. The molecule has 0 bridgehead atoms. The van der Waals surface area contributed by atoms with E-state index in [1.165, 1.54) is 28.5 Å². The molecule has 3 aromatic heterocycles. The summed E-state index contributed by atoms with van der Waals surface area (Å²) in [4.78, 5) is 4.77. The van der Waals surface area contributed by atoms with E-state index in [9.17, 15) is 25.3 Å². The molecule has 7 rings (SSSR count). The van der Waals surface area contributed by atoms with E-state index in [-0.39, 0.29) is 32.6 Å². The number of sulfonamides is 2. The van der Waals surface area contributed by atoms with Crippen LogP contribution in [0.1, 0.15) is 57.3 Å². The first-order valence-electron chi connectivity index (χ1n) is 15.3. The first-order chi connectivity index (χ1) is 22.1. The Morgan fingerprint density at radius 2 is 1.62 bits per heavy atom. The number of rotatable bonds is 8. The highest BCUT2D eigenvalue weighted by atomic mass is 32.2. The predicted molar refractivity (Wildman–Crippen MR) is 177 cm³/mol. The number of aryl methyl sites for hydroxylation is 1. The minimum atomic E-state index is -3.86. The monoisotopic (exact) mass is 699 g/mol. The number of hydrogen-bond donors (Lipinski definition) is 2. The predicted octanol–water partition coefficient (Wildman–Crippen LogP) is 3.49. The summed E-state index contributed by atoms with van der Waals surface area (Å²) in [6, 6.07) is 16.1. The number of aromatic nitrogens is 5. The van der Waals surface area contributed by atoms with Gasteiger partial charge in [0.1, 0.15) is 5.82 Å². The van der Waals surface area contributed by atoms with Crippen molar-refractivity contribution in [2.75, 3.05) is 0 Å². The van der Waals surface area contributed by atoms with Crippen molar-refractivity contribution in [3.63, 3.8) is 0 Å². The Kier molecular flexibility index (Phi) is 8.53. The maximum absolute atomic E-state index is 13.5. The molecule has 5 aromatic rings. The van der Waals surface area contributed by atoms with Crippen LogP contribution < -0.4 is 9.86 Å². The van der Waals surface area contributed by atoms with Crippen molar-refractivity contribution in [1.29, 1.82) is 0 Å². The summed E-state index contributed by atoms with van der Waals surface area (Å²) < 4.78 is 79.4. The van der Waals surface area contributed by atoms with Crippen LogP contribution in [0.25, 0.3) is 16.8 Å². The fourth-order valence-electron chi connectivity index (χ4n) is 6.48. The van der Waals surface area contributed by atoms with E-state index < -0.39 is 35.5 Å². The van der Waals surface area contributed by atoms with Gasteiger partial charge in [0.15, 0.2) is 11.3 Å². The Hall–Kier alpha value is -3.70. The number of hydrogen-bond acceptors (Lipinski definition) is 9. The van der Waals surface area contributed by atoms with Gasteiger partial charge in [-0.1, -0.05) is 56.2 Å². The smallest absolute Gasteiger partial charge is 0.269 e. The van der Waals surface area contributed by atoms with E-state index in [1.54, 1.807) is 48.5 Å². The summed E-state index contributed by atoms with van der Waals surface area (Å²) in [7, 11) is -10.7. The third kappa shape index (κ3) is 6.32. The van der Waals surface area contributed by atoms with Gasteiger partial charge in [0.05, 0.1) is 26.8 Å². The van der Waals surface area contributed by atoms with Gasteiger partial charge < -0.3 is 0 Å². The molecule has 2 saturated carbocycles. The highest BCUT2D eigenvalue weighted by Crippen LogP contribution is 2.47. The summed E-state index contributed by atoms with van der Waals surface area (Å²) in [5.74, 6) is 0.869. The molecule has 2 aliphatic rings. The van der Waals surface area contributed by atoms with Gasteiger partial charge in [-0.25, -0.2) is 44.1 Å². The topological polar surface area (TPSA) is 188 Å². The van der Waals surface area contributed by atoms with Gasteiger partial charge in [-0.2, -0.15) is 0 Å². The average Bonchev–Trinajstić information content (AvgIpc) is 3.53. The van der Waals surface area contributed by atoms with Crippen LogP contribution in [0, 0.1) is 12.8 Å². The van der Waals surface area contributed by atoms with Crippen molar-refractivity contribution in [1.82, 2.24) is 28.3 Å². The largest absolute Gasteiger partial charge is 0.274 e. The molecule has 3 N–H and O–H groups in total. The van der Waals surface area contributed by atoms with E-state index in [4.69, 9.17) is 5.14 Å². The van der Waals surface area contributed by atoms with E-state index >= 15 is 0 Å². The zero-order valence-corrected chi connectivity index (χ0v) is 28.6. The van der Waals surface area contributed by atoms with Gasteiger partial charge in [-0.3, -0.25) is 4.40 Å². The molecule has 250 valence electrons. The lowest BCUT2D eigenvalue weighted by molar-refractivity contribution is 0.315. The van der Waals surface area contributed by atoms with Gasteiger partial charge >= 0.3 is 0 Å². The molecular weight excluding hydrogens is 663 g/mol. The van der Waals surface area contributed by atoms with Gasteiger partial charge in [0.2, 0.25) is 20.0 Å². The SMILES string of the molecule is CC[C@H]1C[C@@H](NS(=O)(=O)C2CC2)C[C@@]1(C)c1nnc2cnc3c(ccn3S(=O)(=O)c3ccc(C)cc3)n12.NS(=O)(=O)c1ccccc1. The molecule has 2 aromatic carbocycles. The number of fused-ring (bicyclic) bond motifs is 3. The normalized spacial score (nSPS) is 22.0. The maximum Gasteiger partial charge on any atom is 0.269 e. The van der Waals surface area contributed by atoms with E-state index in [0.717, 1.165) is 24.8 Å². The molecule has 0 spiro atoms. The molecule has 3 heterocycles. The molecule has 13 nitrogen and oxygen atoms in total. The average molecular weight is 700 g/mol. The summed E-state index contributed by atoms with van der Waals surface area (Å²) in [5, 5.41) is 13.5. The van der Waals surface area contributed by atoms with Crippen LogP contribution in [-0.2, 0) is 35.5 Å². The van der Waals surface area contributed by atoms with Crippen LogP contribution >= 0.6 is 0 Å². The minimum absolute atomic E-state index is 0.148. The van der Waals surface area contributed by atoms with Crippen LogP contribution in [-0.4, -0.2) is 60.1 Å². The Balaban J connectivity index is 0.000000332. The van der Waals surface area contributed by atoms with Crippen LogP contribution in [0.5, 0.6) is 0 Å². The Bertz CT molecular complexity index is 2270. The zero-order valence-electron chi connectivity index (χ0n) is 26.2. The Morgan fingerprint density at radius 3 is 2.21 bits per heavy atom. The summed E-state index contributed by atoms with van der Waals surface area (Å²) >= 11 is 0. The van der Waals surface area contributed by atoms with Gasteiger partial charge in [0.25, 0.3) is 10.0 Å². The van der Waals surface area contributed by atoms with Crippen LogP contribution in [0.4, 0.5) is 0 Å². The van der Waals surface area contributed by atoms with Crippen molar-refractivity contribution >= 4 is 46.9 Å². The van der Waals surface area contributed by atoms with Crippen molar-refractivity contribution in [3.8, 4) is 0 Å². The quantitative estimate of drug-likeness (QED) is 0.244. The van der Waals surface area contributed by atoms with Gasteiger partial charge in [0, 0.05) is 17.7 Å². The standard InChI is InChI=1S/C25H30N6O4S2.C6H7NO2S/c1-4-17-13-18(29-36(32,33)19-9-10-19)14-25(17,3)24-28-27-22-15-26-23-21(31(22)24)11-12-30(23)37(34,35)20-7-5-16(2)6-8-20;7-10(8,9)6-4-2-1-3-5-6/h5-8,11-12,15,17-19,29H,4,9-10,13-14H2,1-3H3;1-5H,(H2,7,8,9)/t17-,18+,25+;/m0./s1. The van der Waals surface area contributed by atoms with Crippen molar-refractivity contribution in [2.45, 2.75) is 79.4 Å². The van der Waals surface area contributed by atoms with E-state index in [0.29, 0.717) is 29.8 Å². The molecule has 0 radical (unpaired) electrons. The second kappa shape index (κ2) is 12.1. The van der Waals surface area contributed by atoms with Gasteiger partial charge in [-0.05, 0) is 68.9 Å². The summed E-state index contributed by atoms with van der Waals surface area (Å²) in [6.45, 7) is 6.11. The highest BCUT2D eigenvalue weighted by Gasteiger charge is 2.49. The first-order valence-corrected chi connectivity index (χ1v) is 19.8. The summed E-state index contributed by atoms with van der Waals surface area (Å²) in [5.41, 5.74) is 1.90. The van der Waals surface area contributed by atoms with Crippen molar-refractivity contribution in [2.24, 2.45) is 11.1 Å². The van der Waals surface area contributed by atoms with E-state index in [1.807, 2.05) is 11.3 Å². The molecule has 2 fully saturated rings. The number of nitrogens with two attached hydrogens (primary N) is 1. The second-order valence-corrected chi connectivity index (χ2v) is 17.9. The molecule has 16 heteroatoms. The van der Waals surface area contributed by atoms with Gasteiger partial charge in [-0.15, -0.1) is 10.2 Å². The van der Waals surface area contributed by atoms with Crippen LogP contribution in [0.2, 0.25) is 0 Å². The zero-order chi connectivity index (χ0) is 33.8. The number of primary sulfonamides is 1. The van der Waals surface area contributed by atoms with Crippen LogP contribution in [0.15, 0.2) is 82.8 Å². The first kappa shape index (κ1) is 33.2. The second-order valence-electron chi connectivity index (χ2n) is 12.5. The third-order valence-electron chi connectivity index (χ3n) is 9.12. The lowest BCUT2D eigenvalue weighted by Crippen LogP contribution is -2.36. The van der Waals surface area contributed by atoms with Crippen molar-refractivity contribution in [3.05, 3.63) is 84.4 Å². The molecule has 0 amide bonds. The molecule has 3 atom stereocenters. The molecular formula is C31H37N7O6S3. The van der Waals surface area contributed by atoms with Crippen LogP contribution in [0.3, 0.4) is 0 Å². The van der Waals surface area contributed by atoms with Crippen molar-refractivity contribution < 1.29 is 25.3 Å². The highest BCUT2D eigenvalue weighted by molar-refractivity contribution is 7.90. The number of nitrogens with one attached hydrogen (secondary N) is 1. The minimum Gasteiger partial charge on any atom is -0.274 e. The Labute approximate surface area is 274 Å². The Morgan fingerprint density at radius 1 is 0.936 bits per heavy atom. The molecule has 47 heavy (non-hydrogen) atoms. The fraction of sp³-hybridized carbons (Fsp3) is 0.387. The fourth-order valence-corrected chi connectivity index (χ4v) is 9.91. The molecule has 2 aliphatic carbocycles. The molecule has 0 saturated heterocycles. The molecule has 0 unspecified atom stereocenters. The lowest BCUT2D eigenvalue weighted by atomic mass is 9.77. The third-order valence-corrected chi connectivity index (χ3v) is 13.7.